The van der Waals surface area contributed by atoms with Crippen LogP contribution in [0, 0.1) is 12.3 Å². The molecule has 0 aliphatic rings. The molecule has 2 amide bonds. The molecule has 0 unspecified atom stereocenters. The first-order valence-corrected chi connectivity index (χ1v) is 8.87. The van der Waals surface area contributed by atoms with Gasteiger partial charge in [0, 0.05) is 23.7 Å². The first-order valence-electron chi connectivity index (χ1n) is 8.87. The number of ether oxygens (including phenoxy) is 1. The van der Waals surface area contributed by atoms with Crippen molar-refractivity contribution in [1.29, 1.82) is 0 Å². The number of hydrogen-bond acceptors (Lipinski definition) is 4. The largest absolute Gasteiger partial charge is 0.480 e. The van der Waals surface area contributed by atoms with E-state index in [9.17, 15) is 9.59 Å². The lowest BCUT2D eigenvalue weighted by molar-refractivity contribution is -0.114. The Morgan fingerprint density at radius 2 is 1.86 bits per heavy atom. The molecule has 144 valence electrons. The number of anilines is 1. The van der Waals surface area contributed by atoms with E-state index < -0.39 is 0 Å². The first kappa shape index (κ1) is 19.6. The zero-order valence-corrected chi connectivity index (χ0v) is 15.8. The van der Waals surface area contributed by atoms with Crippen molar-refractivity contribution in [2.75, 3.05) is 11.9 Å². The molecule has 0 spiro atoms. The third kappa shape index (κ3) is 4.99. The first-order chi connectivity index (χ1) is 14.1. The molecule has 6 heteroatoms. The van der Waals surface area contributed by atoms with Gasteiger partial charge in [0.2, 0.25) is 5.91 Å². The zero-order valence-electron chi connectivity index (χ0n) is 15.8. The Morgan fingerprint density at radius 3 is 2.59 bits per heavy atom. The van der Waals surface area contributed by atoms with Crippen molar-refractivity contribution >= 4 is 34.5 Å². The van der Waals surface area contributed by atoms with Gasteiger partial charge in [-0.25, -0.2) is 5.43 Å². The summed E-state index contributed by atoms with van der Waals surface area (Å²) < 4.78 is 5.61. The van der Waals surface area contributed by atoms with Crippen molar-refractivity contribution in [3.63, 3.8) is 0 Å². The molecule has 0 aliphatic carbocycles. The summed E-state index contributed by atoms with van der Waals surface area (Å²) in [6.07, 6.45) is 6.83. The predicted molar refractivity (Wildman–Crippen MR) is 114 cm³/mol. The van der Waals surface area contributed by atoms with Crippen LogP contribution in [0.4, 0.5) is 5.69 Å². The molecule has 29 heavy (non-hydrogen) atoms. The van der Waals surface area contributed by atoms with Gasteiger partial charge in [0.25, 0.3) is 5.91 Å². The van der Waals surface area contributed by atoms with E-state index >= 15 is 0 Å². The number of carbonyl (C=O) groups is 2. The van der Waals surface area contributed by atoms with Crippen LogP contribution < -0.4 is 15.5 Å². The molecule has 0 aliphatic heterocycles. The van der Waals surface area contributed by atoms with Gasteiger partial charge in [-0.15, -0.1) is 6.42 Å². The van der Waals surface area contributed by atoms with Crippen molar-refractivity contribution < 1.29 is 14.3 Å². The molecule has 0 atom stereocenters. The van der Waals surface area contributed by atoms with Crippen LogP contribution in [0.15, 0.2) is 65.8 Å². The number of hydrazone groups is 1. The second kappa shape index (κ2) is 9.20. The van der Waals surface area contributed by atoms with Gasteiger partial charge in [-0.3, -0.25) is 9.59 Å². The number of terminal acetylenes is 1. The highest BCUT2D eigenvalue weighted by atomic mass is 16.5. The number of nitrogens with one attached hydrogen (secondary N) is 2. The van der Waals surface area contributed by atoms with Gasteiger partial charge in [0.1, 0.15) is 12.4 Å². The average Bonchev–Trinajstić information content (AvgIpc) is 2.73. The van der Waals surface area contributed by atoms with Crippen molar-refractivity contribution in [1.82, 2.24) is 5.43 Å². The number of rotatable bonds is 6. The monoisotopic (exact) mass is 385 g/mol. The SMILES string of the molecule is C#CCOc1ccc2ccccc2c1C=NNC(=O)c1ccc(NC(C)=O)cc1. The summed E-state index contributed by atoms with van der Waals surface area (Å²) in [4.78, 5) is 23.4. The number of carbonyl (C=O) groups excluding carboxylic acids is 2. The summed E-state index contributed by atoms with van der Waals surface area (Å²) in [6.45, 7) is 1.55. The zero-order chi connectivity index (χ0) is 20.6. The topological polar surface area (TPSA) is 79.8 Å². The molecule has 0 saturated heterocycles. The number of amides is 2. The van der Waals surface area contributed by atoms with E-state index in [2.05, 4.69) is 21.8 Å². The Morgan fingerprint density at radius 1 is 1.10 bits per heavy atom. The fourth-order valence-electron chi connectivity index (χ4n) is 2.78. The summed E-state index contributed by atoms with van der Waals surface area (Å²) in [5.74, 6) is 2.47. The van der Waals surface area contributed by atoms with Crippen molar-refractivity contribution in [2.24, 2.45) is 5.10 Å². The Labute approximate surface area is 168 Å². The number of hydrogen-bond donors (Lipinski definition) is 2. The molecule has 0 radical (unpaired) electrons. The van der Waals surface area contributed by atoms with Gasteiger partial charge >= 0.3 is 0 Å². The van der Waals surface area contributed by atoms with E-state index in [0.717, 1.165) is 16.3 Å². The van der Waals surface area contributed by atoms with Gasteiger partial charge in [0.05, 0.1) is 6.21 Å². The molecule has 3 aromatic rings. The third-order valence-electron chi connectivity index (χ3n) is 4.07. The fourth-order valence-corrected chi connectivity index (χ4v) is 2.78. The van der Waals surface area contributed by atoms with Crippen LogP contribution in [0.25, 0.3) is 10.8 Å². The van der Waals surface area contributed by atoms with Gasteiger partial charge in [-0.2, -0.15) is 5.10 Å². The van der Waals surface area contributed by atoms with E-state index in [1.165, 1.54) is 13.1 Å². The minimum absolute atomic E-state index is 0.131. The van der Waals surface area contributed by atoms with Gasteiger partial charge < -0.3 is 10.1 Å². The highest BCUT2D eigenvalue weighted by Crippen LogP contribution is 2.26. The molecule has 0 bridgehead atoms. The van der Waals surface area contributed by atoms with Gasteiger partial charge in [-0.1, -0.05) is 36.3 Å². The third-order valence-corrected chi connectivity index (χ3v) is 4.07. The van der Waals surface area contributed by atoms with Gasteiger partial charge in [-0.05, 0) is 41.1 Å². The maximum absolute atomic E-state index is 12.3. The molecule has 3 rings (SSSR count). The summed E-state index contributed by atoms with van der Waals surface area (Å²) in [7, 11) is 0. The standard InChI is InChI=1S/C23H19N3O3/c1-3-14-29-22-13-10-17-6-4-5-7-20(17)21(22)15-24-26-23(28)18-8-11-19(12-9-18)25-16(2)27/h1,4-13,15H,14H2,2H3,(H,25,27)(H,26,28). The van der Waals surface area contributed by atoms with Crippen molar-refractivity contribution in [3.05, 3.63) is 71.8 Å². The second-order valence-electron chi connectivity index (χ2n) is 6.15. The second-order valence-corrected chi connectivity index (χ2v) is 6.15. The van der Waals surface area contributed by atoms with Gasteiger partial charge in [0.15, 0.2) is 0 Å². The Kier molecular flexibility index (Phi) is 6.23. The molecular formula is C23H19N3O3. The molecule has 6 nitrogen and oxygen atoms in total. The van der Waals surface area contributed by atoms with Crippen LogP contribution in [0.5, 0.6) is 5.75 Å². The fraction of sp³-hybridized carbons (Fsp3) is 0.0870. The smallest absolute Gasteiger partial charge is 0.271 e. The predicted octanol–water partition coefficient (Wildman–Crippen LogP) is 3.57. The minimum atomic E-state index is -0.373. The number of benzene rings is 3. The van der Waals surface area contributed by atoms with E-state index in [1.807, 2.05) is 36.4 Å². The van der Waals surface area contributed by atoms with Crippen LogP contribution in [-0.4, -0.2) is 24.6 Å². The molecule has 2 N–H and O–H groups in total. The molecule has 3 aromatic carbocycles. The lowest BCUT2D eigenvalue weighted by atomic mass is 10.0. The number of nitrogens with zero attached hydrogens (tertiary/aromatic N) is 1. The normalized spacial score (nSPS) is 10.5. The molecular weight excluding hydrogens is 366 g/mol. The summed E-state index contributed by atoms with van der Waals surface area (Å²) >= 11 is 0. The van der Waals surface area contributed by atoms with Crippen LogP contribution in [-0.2, 0) is 4.79 Å². The van der Waals surface area contributed by atoms with Crippen molar-refractivity contribution in [2.45, 2.75) is 6.92 Å². The van der Waals surface area contributed by atoms with E-state index in [4.69, 9.17) is 11.2 Å². The quantitative estimate of drug-likeness (QED) is 0.387. The Hall–Kier alpha value is -4.11. The highest BCUT2D eigenvalue weighted by molar-refractivity contribution is 6.03. The molecule has 0 heterocycles. The molecule has 0 saturated carbocycles. The van der Waals surface area contributed by atoms with E-state index in [1.54, 1.807) is 24.3 Å². The van der Waals surface area contributed by atoms with Crippen LogP contribution >= 0.6 is 0 Å². The lowest BCUT2D eigenvalue weighted by Crippen LogP contribution is -2.17. The maximum Gasteiger partial charge on any atom is 0.271 e. The highest BCUT2D eigenvalue weighted by Gasteiger charge is 2.08. The molecule has 0 aromatic heterocycles. The Bertz CT molecular complexity index is 1110. The Balaban J connectivity index is 1.78. The van der Waals surface area contributed by atoms with Crippen LogP contribution in [0.1, 0.15) is 22.8 Å². The van der Waals surface area contributed by atoms with E-state index in [0.29, 0.717) is 17.0 Å². The summed E-state index contributed by atoms with van der Waals surface area (Å²) in [5.41, 5.74) is 4.25. The molecule has 0 fully saturated rings. The van der Waals surface area contributed by atoms with Crippen LogP contribution in [0.2, 0.25) is 0 Å². The van der Waals surface area contributed by atoms with E-state index in [-0.39, 0.29) is 18.4 Å². The summed E-state index contributed by atoms with van der Waals surface area (Å²) in [5, 5.41) is 8.67. The van der Waals surface area contributed by atoms with Crippen LogP contribution in [0.3, 0.4) is 0 Å². The maximum atomic E-state index is 12.3. The summed E-state index contributed by atoms with van der Waals surface area (Å²) in [6, 6.07) is 18.1. The minimum Gasteiger partial charge on any atom is -0.480 e. The average molecular weight is 385 g/mol. The van der Waals surface area contributed by atoms with Crippen molar-refractivity contribution in [3.8, 4) is 18.1 Å². The number of fused-ring (bicyclic) bond motifs is 1. The lowest BCUT2D eigenvalue weighted by Gasteiger charge is -2.10.